The quantitative estimate of drug-likeness (QED) is 0.669. The minimum Gasteiger partial charge on any atom is -0.486 e. The maximum Gasteiger partial charge on any atom is 0.312 e. The lowest BCUT2D eigenvalue weighted by atomic mass is 10.1. The highest BCUT2D eigenvalue weighted by Crippen LogP contribution is 2.39. The van der Waals surface area contributed by atoms with Crippen molar-refractivity contribution in [1.82, 2.24) is 0 Å². The molecule has 0 heterocycles. The number of nitro benzene ring substituents is 1. The van der Waals surface area contributed by atoms with E-state index in [1.165, 1.54) is 6.07 Å². The van der Waals surface area contributed by atoms with Crippen molar-refractivity contribution in [2.24, 2.45) is 5.92 Å². The second kappa shape index (κ2) is 5.24. The molecule has 0 radical (unpaired) electrons. The molecule has 1 aliphatic rings. The second-order valence-corrected chi connectivity index (χ2v) is 5.45. The van der Waals surface area contributed by atoms with Crippen molar-refractivity contribution in [3.8, 4) is 5.75 Å². The number of aliphatic hydroxyl groups excluding tert-OH is 1. The molecule has 0 saturated heterocycles. The predicted octanol–water partition coefficient (Wildman–Crippen LogP) is 3.20. The Bertz CT molecular complexity index is 471. The minimum atomic E-state index is -0.810. The number of rotatable bonds is 5. The van der Waals surface area contributed by atoms with E-state index in [4.69, 9.17) is 4.74 Å². The van der Waals surface area contributed by atoms with Crippen LogP contribution >= 0.6 is 15.9 Å². The van der Waals surface area contributed by atoms with Gasteiger partial charge in [-0.25, -0.2) is 0 Å². The molecule has 98 valence electrons. The van der Waals surface area contributed by atoms with Crippen LogP contribution in [0.1, 0.15) is 31.4 Å². The van der Waals surface area contributed by atoms with Crippen molar-refractivity contribution in [2.75, 3.05) is 6.61 Å². The highest BCUT2D eigenvalue weighted by molar-refractivity contribution is 9.10. The number of nitro groups is 1. The van der Waals surface area contributed by atoms with E-state index >= 15 is 0 Å². The summed E-state index contributed by atoms with van der Waals surface area (Å²) in [7, 11) is 0. The summed E-state index contributed by atoms with van der Waals surface area (Å²) in [5.74, 6) is 0.681. The van der Waals surface area contributed by atoms with Crippen LogP contribution in [0.4, 0.5) is 5.69 Å². The third-order valence-corrected chi connectivity index (χ3v) is 3.33. The molecule has 0 aromatic heterocycles. The Hall–Kier alpha value is -1.14. The van der Waals surface area contributed by atoms with Gasteiger partial charge in [-0.2, -0.15) is 0 Å². The Morgan fingerprint density at radius 3 is 2.78 bits per heavy atom. The van der Waals surface area contributed by atoms with Crippen molar-refractivity contribution < 1.29 is 14.8 Å². The summed E-state index contributed by atoms with van der Waals surface area (Å²) in [5.41, 5.74) is 0.331. The highest BCUT2D eigenvalue weighted by atomic mass is 79.9. The zero-order valence-electron chi connectivity index (χ0n) is 9.93. The summed E-state index contributed by atoms with van der Waals surface area (Å²) < 4.78 is 6.11. The molecule has 1 aromatic carbocycles. The van der Waals surface area contributed by atoms with Crippen molar-refractivity contribution in [1.29, 1.82) is 0 Å². The maximum atomic E-state index is 11.0. The molecule has 0 spiro atoms. The predicted molar refractivity (Wildman–Crippen MR) is 69.6 cm³/mol. The zero-order valence-corrected chi connectivity index (χ0v) is 11.5. The topological polar surface area (TPSA) is 72.6 Å². The largest absolute Gasteiger partial charge is 0.486 e. The molecule has 18 heavy (non-hydrogen) atoms. The lowest BCUT2D eigenvalue weighted by molar-refractivity contribution is -0.386. The van der Waals surface area contributed by atoms with Crippen molar-refractivity contribution in [3.05, 3.63) is 32.3 Å². The highest BCUT2D eigenvalue weighted by Gasteiger charge is 2.27. The molecule has 5 nitrogen and oxygen atoms in total. The monoisotopic (exact) mass is 315 g/mol. The third kappa shape index (κ3) is 3.00. The van der Waals surface area contributed by atoms with E-state index in [0.29, 0.717) is 22.6 Å². The van der Waals surface area contributed by atoms with Crippen LogP contribution in [-0.4, -0.2) is 16.6 Å². The Kier molecular flexibility index (Phi) is 3.87. The van der Waals surface area contributed by atoms with E-state index in [9.17, 15) is 15.2 Å². The first-order valence-corrected chi connectivity index (χ1v) is 6.57. The van der Waals surface area contributed by atoms with Crippen molar-refractivity contribution in [3.63, 3.8) is 0 Å². The lowest BCUT2D eigenvalue weighted by Crippen LogP contribution is -2.06. The molecule has 1 aromatic rings. The normalized spacial score (nSPS) is 16.4. The molecule has 1 aliphatic carbocycles. The summed E-state index contributed by atoms with van der Waals surface area (Å²) in [5, 5.41) is 20.7. The fourth-order valence-electron chi connectivity index (χ4n) is 1.69. The first kappa shape index (κ1) is 13.3. The fraction of sp³-hybridized carbons (Fsp3) is 0.500. The smallest absolute Gasteiger partial charge is 0.312 e. The number of benzene rings is 1. The van der Waals surface area contributed by atoms with Crippen LogP contribution in [0.5, 0.6) is 5.75 Å². The average Bonchev–Trinajstić information content (AvgIpc) is 3.09. The van der Waals surface area contributed by atoms with Gasteiger partial charge in [0.2, 0.25) is 5.75 Å². The molecule has 0 amide bonds. The van der Waals surface area contributed by atoms with Crippen LogP contribution in [0.15, 0.2) is 16.6 Å². The van der Waals surface area contributed by atoms with E-state index in [0.717, 1.165) is 12.8 Å². The van der Waals surface area contributed by atoms with Crippen LogP contribution in [-0.2, 0) is 0 Å². The molecule has 0 bridgehead atoms. The van der Waals surface area contributed by atoms with Crippen LogP contribution in [0.25, 0.3) is 0 Å². The Morgan fingerprint density at radius 2 is 2.28 bits per heavy atom. The molecule has 6 heteroatoms. The summed E-state index contributed by atoms with van der Waals surface area (Å²) in [6.45, 7) is 2.04. The van der Waals surface area contributed by atoms with Gasteiger partial charge in [-0.15, -0.1) is 0 Å². The number of hydrogen-bond acceptors (Lipinski definition) is 4. The van der Waals surface area contributed by atoms with Crippen LogP contribution in [0.2, 0.25) is 0 Å². The van der Waals surface area contributed by atoms with Crippen LogP contribution in [0, 0.1) is 16.0 Å². The molecule has 1 fully saturated rings. The SMILES string of the molecule is C[C@@H](O)c1cc(Br)cc([N+](=O)[O-])c1OCC1CC1. The van der Waals surface area contributed by atoms with Gasteiger partial charge in [0, 0.05) is 16.1 Å². The maximum absolute atomic E-state index is 11.0. The minimum absolute atomic E-state index is 0.110. The third-order valence-electron chi connectivity index (χ3n) is 2.87. The Labute approximate surface area is 113 Å². The standard InChI is InChI=1S/C12H14BrNO4/c1-7(15)10-4-9(13)5-11(14(16)17)12(10)18-6-8-2-3-8/h4-5,7-8,15H,2-3,6H2,1H3/t7-/m1/s1. The number of hydrogen-bond donors (Lipinski definition) is 1. The molecule has 1 N–H and O–H groups in total. The Balaban J connectivity index is 2.38. The number of nitrogens with zero attached hydrogens (tertiary/aromatic N) is 1. The molecule has 2 rings (SSSR count). The second-order valence-electron chi connectivity index (χ2n) is 4.53. The van der Waals surface area contributed by atoms with Crippen molar-refractivity contribution >= 4 is 21.6 Å². The summed E-state index contributed by atoms with van der Waals surface area (Å²) in [6.07, 6.45) is 1.40. The molecule has 0 aliphatic heterocycles. The van der Waals surface area contributed by atoms with E-state index in [1.54, 1.807) is 13.0 Å². The Morgan fingerprint density at radius 1 is 1.61 bits per heavy atom. The summed E-state index contributed by atoms with van der Waals surface area (Å²) in [4.78, 5) is 10.5. The summed E-state index contributed by atoms with van der Waals surface area (Å²) >= 11 is 3.21. The lowest BCUT2D eigenvalue weighted by Gasteiger charge is -2.14. The van der Waals surface area contributed by atoms with Gasteiger partial charge >= 0.3 is 5.69 Å². The molecule has 1 atom stereocenters. The molecule has 1 saturated carbocycles. The van der Waals surface area contributed by atoms with E-state index in [1.807, 2.05) is 0 Å². The average molecular weight is 316 g/mol. The van der Waals surface area contributed by atoms with Crippen LogP contribution in [0.3, 0.4) is 0 Å². The first-order chi connectivity index (χ1) is 8.49. The molecule has 0 unspecified atom stereocenters. The van der Waals surface area contributed by atoms with Crippen molar-refractivity contribution in [2.45, 2.75) is 25.9 Å². The van der Waals surface area contributed by atoms with E-state index in [2.05, 4.69) is 15.9 Å². The van der Waals surface area contributed by atoms with Gasteiger partial charge in [-0.1, -0.05) is 15.9 Å². The van der Waals surface area contributed by atoms with Gasteiger partial charge in [0.1, 0.15) is 0 Å². The van der Waals surface area contributed by atoms with Gasteiger partial charge in [0.05, 0.1) is 17.6 Å². The first-order valence-electron chi connectivity index (χ1n) is 5.77. The van der Waals surface area contributed by atoms with Gasteiger partial charge in [0.25, 0.3) is 0 Å². The van der Waals surface area contributed by atoms with Gasteiger partial charge in [0.15, 0.2) is 0 Å². The number of aliphatic hydroxyl groups is 1. The van der Waals surface area contributed by atoms with Crippen LogP contribution < -0.4 is 4.74 Å². The number of halogens is 1. The summed E-state index contributed by atoms with van der Waals surface area (Å²) in [6, 6.07) is 3.05. The molecular weight excluding hydrogens is 302 g/mol. The molecular formula is C12H14BrNO4. The van der Waals surface area contributed by atoms with E-state index < -0.39 is 11.0 Å². The van der Waals surface area contributed by atoms with Gasteiger partial charge in [-0.3, -0.25) is 10.1 Å². The van der Waals surface area contributed by atoms with Gasteiger partial charge < -0.3 is 9.84 Å². The zero-order chi connectivity index (χ0) is 13.3. The fourth-order valence-corrected chi connectivity index (χ4v) is 2.15. The van der Waals surface area contributed by atoms with E-state index in [-0.39, 0.29) is 11.4 Å². The van der Waals surface area contributed by atoms with Gasteiger partial charge in [-0.05, 0) is 31.7 Å². The number of ether oxygens (including phenoxy) is 1.